The van der Waals surface area contributed by atoms with E-state index in [1.54, 1.807) is 0 Å². The molecule has 2 atom stereocenters. The standard InChI is InChI=1S/C14H23NO2/c1-4-15-14(12-6-5-7-16-9-12)13-8-10(2)17-11(13)3/h8,12,14-15H,4-7,9H2,1-3H3. The van der Waals surface area contributed by atoms with Gasteiger partial charge in [-0.25, -0.2) is 0 Å². The predicted octanol–water partition coefficient (Wildman–Crippen LogP) is 2.97. The molecule has 3 nitrogen and oxygen atoms in total. The SMILES string of the molecule is CCNC(c1cc(C)oc1C)C1CCCOC1. The van der Waals surface area contributed by atoms with E-state index < -0.39 is 0 Å². The fraction of sp³-hybridized carbons (Fsp3) is 0.714. The molecule has 0 aliphatic carbocycles. The minimum atomic E-state index is 0.373. The fourth-order valence-corrected chi connectivity index (χ4v) is 2.74. The second-order valence-electron chi connectivity index (χ2n) is 4.88. The fourth-order valence-electron chi connectivity index (χ4n) is 2.74. The van der Waals surface area contributed by atoms with E-state index in [-0.39, 0.29) is 0 Å². The van der Waals surface area contributed by atoms with Gasteiger partial charge in [-0.2, -0.15) is 0 Å². The van der Waals surface area contributed by atoms with Crippen molar-refractivity contribution >= 4 is 0 Å². The van der Waals surface area contributed by atoms with Gasteiger partial charge in [-0.3, -0.25) is 0 Å². The number of aryl methyl sites for hydroxylation is 2. The lowest BCUT2D eigenvalue weighted by atomic mass is 9.88. The third kappa shape index (κ3) is 2.90. The Hall–Kier alpha value is -0.800. The Morgan fingerprint density at radius 1 is 1.47 bits per heavy atom. The maximum atomic E-state index is 5.65. The van der Waals surface area contributed by atoms with Crippen LogP contribution in [0, 0.1) is 19.8 Å². The van der Waals surface area contributed by atoms with Crippen LogP contribution in [-0.4, -0.2) is 19.8 Å². The van der Waals surface area contributed by atoms with Crippen LogP contribution in [0.15, 0.2) is 10.5 Å². The first kappa shape index (κ1) is 12.7. The molecule has 2 rings (SSSR count). The van der Waals surface area contributed by atoms with Gasteiger partial charge >= 0.3 is 0 Å². The molecule has 1 aliphatic heterocycles. The lowest BCUT2D eigenvalue weighted by molar-refractivity contribution is 0.0391. The van der Waals surface area contributed by atoms with Crippen molar-refractivity contribution in [2.75, 3.05) is 19.8 Å². The van der Waals surface area contributed by atoms with Crippen molar-refractivity contribution in [3.63, 3.8) is 0 Å². The van der Waals surface area contributed by atoms with E-state index in [4.69, 9.17) is 9.15 Å². The Bertz CT molecular complexity index is 353. The zero-order chi connectivity index (χ0) is 12.3. The highest BCUT2D eigenvalue weighted by Crippen LogP contribution is 2.32. The average Bonchev–Trinajstić information content (AvgIpc) is 2.66. The molecular formula is C14H23NO2. The van der Waals surface area contributed by atoms with E-state index in [1.165, 1.54) is 18.4 Å². The number of hydrogen-bond donors (Lipinski definition) is 1. The quantitative estimate of drug-likeness (QED) is 0.874. The molecule has 0 amide bonds. The highest BCUT2D eigenvalue weighted by Gasteiger charge is 2.27. The van der Waals surface area contributed by atoms with Crippen LogP contribution in [0.2, 0.25) is 0 Å². The summed E-state index contributed by atoms with van der Waals surface area (Å²) in [7, 11) is 0. The first-order valence-electron chi connectivity index (χ1n) is 6.60. The molecule has 0 bridgehead atoms. The molecule has 0 saturated carbocycles. The Kier molecular flexibility index (Phi) is 4.24. The largest absolute Gasteiger partial charge is 0.466 e. The van der Waals surface area contributed by atoms with Crippen molar-refractivity contribution in [1.29, 1.82) is 0 Å². The molecule has 2 heterocycles. The van der Waals surface area contributed by atoms with E-state index in [0.717, 1.165) is 31.3 Å². The molecule has 1 fully saturated rings. The second kappa shape index (κ2) is 5.69. The first-order chi connectivity index (χ1) is 8.22. The Balaban J connectivity index is 2.18. The van der Waals surface area contributed by atoms with Crippen LogP contribution in [0.3, 0.4) is 0 Å². The first-order valence-corrected chi connectivity index (χ1v) is 6.60. The van der Waals surface area contributed by atoms with E-state index in [1.807, 2.05) is 6.92 Å². The molecule has 2 unspecified atom stereocenters. The van der Waals surface area contributed by atoms with Gasteiger partial charge in [0.05, 0.1) is 6.61 Å². The third-order valence-electron chi connectivity index (χ3n) is 3.51. The Morgan fingerprint density at radius 3 is 2.82 bits per heavy atom. The average molecular weight is 237 g/mol. The monoisotopic (exact) mass is 237 g/mol. The normalized spacial score (nSPS) is 22.6. The maximum absolute atomic E-state index is 5.65. The number of nitrogens with one attached hydrogen (secondary N) is 1. The van der Waals surface area contributed by atoms with Crippen LogP contribution >= 0.6 is 0 Å². The highest BCUT2D eigenvalue weighted by atomic mass is 16.5. The summed E-state index contributed by atoms with van der Waals surface area (Å²) in [5, 5.41) is 3.58. The van der Waals surface area contributed by atoms with Gasteiger partial charge in [0.2, 0.25) is 0 Å². The summed E-state index contributed by atoms with van der Waals surface area (Å²) in [6.07, 6.45) is 2.41. The van der Waals surface area contributed by atoms with Gasteiger partial charge < -0.3 is 14.5 Å². The van der Waals surface area contributed by atoms with E-state index in [0.29, 0.717) is 12.0 Å². The van der Waals surface area contributed by atoms with Gasteiger partial charge in [0.25, 0.3) is 0 Å². The summed E-state index contributed by atoms with van der Waals surface area (Å²) in [5.41, 5.74) is 1.31. The molecular weight excluding hydrogens is 214 g/mol. The van der Waals surface area contributed by atoms with Crippen LogP contribution < -0.4 is 5.32 Å². The zero-order valence-corrected chi connectivity index (χ0v) is 11.1. The number of hydrogen-bond acceptors (Lipinski definition) is 3. The summed E-state index contributed by atoms with van der Waals surface area (Å²) in [6, 6.07) is 2.54. The minimum absolute atomic E-state index is 0.373. The van der Waals surface area contributed by atoms with E-state index in [2.05, 4.69) is 25.2 Å². The van der Waals surface area contributed by atoms with Crippen molar-refractivity contribution in [3.05, 3.63) is 23.2 Å². The van der Waals surface area contributed by atoms with Crippen LogP contribution in [-0.2, 0) is 4.74 Å². The van der Waals surface area contributed by atoms with Crippen molar-refractivity contribution in [3.8, 4) is 0 Å². The molecule has 0 spiro atoms. The molecule has 1 saturated heterocycles. The molecule has 0 aromatic carbocycles. The third-order valence-corrected chi connectivity index (χ3v) is 3.51. The smallest absolute Gasteiger partial charge is 0.105 e. The predicted molar refractivity (Wildman–Crippen MR) is 68.1 cm³/mol. The van der Waals surface area contributed by atoms with Gasteiger partial charge in [-0.15, -0.1) is 0 Å². The summed E-state index contributed by atoms with van der Waals surface area (Å²) in [5.74, 6) is 2.61. The summed E-state index contributed by atoms with van der Waals surface area (Å²) < 4.78 is 11.3. The molecule has 1 aliphatic rings. The molecule has 1 aromatic heterocycles. The van der Waals surface area contributed by atoms with E-state index in [9.17, 15) is 0 Å². The van der Waals surface area contributed by atoms with Crippen molar-refractivity contribution in [1.82, 2.24) is 5.32 Å². The van der Waals surface area contributed by atoms with Gasteiger partial charge in [0, 0.05) is 24.1 Å². The zero-order valence-electron chi connectivity index (χ0n) is 11.1. The van der Waals surface area contributed by atoms with Gasteiger partial charge in [0.1, 0.15) is 11.5 Å². The van der Waals surface area contributed by atoms with Crippen LogP contribution in [0.5, 0.6) is 0 Å². The molecule has 17 heavy (non-hydrogen) atoms. The summed E-state index contributed by atoms with van der Waals surface area (Å²) in [6.45, 7) is 8.97. The van der Waals surface area contributed by atoms with Crippen LogP contribution in [0.4, 0.5) is 0 Å². The van der Waals surface area contributed by atoms with Gasteiger partial charge in [0.15, 0.2) is 0 Å². The molecule has 3 heteroatoms. The molecule has 1 N–H and O–H groups in total. The van der Waals surface area contributed by atoms with Crippen molar-refractivity contribution < 1.29 is 9.15 Å². The van der Waals surface area contributed by atoms with Crippen molar-refractivity contribution in [2.45, 2.75) is 39.7 Å². The van der Waals surface area contributed by atoms with Crippen LogP contribution in [0.25, 0.3) is 0 Å². The van der Waals surface area contributed by atoms with Gasteiger partial charge in [-0.1, -0.05) is 6.92 Å². The summed E-state index contributed by atoms with van der Waals surface area (Å²) in [4.78, 5) is 0. The summed E-state index contributed by atoms with van der Waals surface area (Å²) >= 11 is 0. The Labute approximate surface area is 104 Å². The Morgan fingerprint density at radius 2 is 2.29 bits per heavy atom. The minimum Gasteiger partial charge on any atom is -0.466 e. The van der Waals surface area contributed by atoms with Crippen LogP contribution in [0.1, 0.15) is 42.9 Å². The lowest BCUT2D eigenvalue weighted by Crippen LogP contribution is -2.33. The molecule has 96 valence electrons. The lowest BCUT2D eigenvalue weighted by Gasteiger charge is -2.30. The number of ether oxygens (including phenoxy) is 1. The topological polar surface area (TPSA) is 34.4 Å². The number of rotatable bonds is 4. The molecule has 1 aromatic rings. The second-order valence-corrected chi connectivity index (χ2v) is 4.88. The van der Waals surface area contributed by atoms with E-state index >= 15 is 0 Å². The maximum Gasteiger partial charge on any atom is 0.105 e. The molecule has 0 radical (unpaired) electrons. The number of furan rings is 1. The van der Waals surface area contributed by atoms with Crippen molar-refractivity contribution in [2.24, 2.45) is 5.92 Å². The highest BCUT2D eigenvalue weighted by molar-refractivity contribution is 5.25. The van der Waals surface area contributed by atoms with Gasteiger partial charge in [-0.05, 0) is 39.3 Å².